The fraction of sp³-hybridized carbons (Fsp3) is 0.500. The summed E-state index contributed by atoms with van der Waals surface area (Å²) in [5.41, 5.74) is 2.50. The number of aryl methyl sites for hydroxylation is 2. The number of amides is 2. The normalized spacial score (nSPS) is 10.5. The molecule has 6 nitrogen and oxygen atoms in total. The van der Waals surface area contributed by atoms with Crippen LogP contribution in [0.1, 0.15) is 63.5 Å². The topological polar surface area (TPSA) is 76.7 Å². The van der Waals surface area contributed by atoms with Gasteiger partial charge in [0.15, 0.2) is 13.2 Å². The van der Waals surface area contributed by atoms with Gasteiger partial charge in [0.1, 0.15) is 11.5 Å². The van der Waals surface area contributed by atoms with Crippen molar-refractivity contribution in [3.05, 3.63) is 59.7 Å². The molecule has 6 heteroatoms. The van der Waals surface area contributed by atoms with Gasteiger partial charge in [-0.15, -0.1) is 0 Å². The van der Waals surface area contributed by atoms with Crippen molar-refractivity contribution in [2.45, 2.75) is 65.2 Å². The molecule has 0 bridgehead atoms. The monoisotopic (exact) mass is 468 g/mol. The summed E-state index contributed by atoms with van der Waals surface area (Å²) in [5.74, 6) is 1.27. The highest BCUT2D eigenvalue weighted by Crippen LogP contribution is 2.13. The quantitative estimate of drug-likeness (QED) is 0.326. The molecule has 0 fully saturated rings. The zero-order chi connectivity index (χ0) is 24.4. The molecule has 34 heavy (non-hydrogen) atoms. The van der Waals surface area contributed by atoms with Crippen molar-refractivity contribution < 1.29 is 19.1 Å². The molecule has 0 saturated heterocycles. The van der Waals surface area contributed by atoms with Gasteiger partial charge < -0.3 is 20.1 Å². The van der Waals surface area contributed by atoms with Crippen LogP contribution in [-0.2, 0) is 22.4 Å². The van der Waals surface area contributed by atoms with Crippen LogP contribution >= 0.6 is 0 Å². The van der Waals surface area contributed by atoms with E-state index in [-0.39, 0.29) is 25.0 Å². The highest BCUT2D eigenvalue weighted by Gasteiger charge is 2.04. The van der Waals surface area contributed by atoms with E-state index in [2.05, 4.69) is 24.5 Å². The second kappa shape index (κ2) is 16.6. The van der Waals surface area contributed by atoms with E-state index in [1.165, 1.54) is 11.1 Å². The van der Waals surface area contributed by atoms with Crippen LogP contribution in [-0.4, -0.2) is 38.1 Å². The molecule has 2 aromatic carbocycles. The van der Waals surface area contributed by atoms with Gasteiger partial charge in [-0.3, -0.25) is 9.59 Å². The molecule has 2 aromatic rings. The summed E-state index contributed by atoms with van der Waals surface area (Å²) in [5, 5.41) is 5.81. The van der Waals surface area contributed by atoms with Gasteiger partial charge in [0.25, 0.3) is 11.8 Å². The minimum atomic E-state index is -0.0859. The summed E-state index contributed by atoms with van der Waals surface area (Å²) in [6.07, 6.45) is 8.31. The molecule has 0 heterocycles. The third kappa shape index (κ3) is 11.7. The number of unbranched alkanes of at least 4 members (excludes halogenated alkanes) is 5. The predicted octanol–water partition coefficient (Wildman–Crippen LogP) is 4.84. The van der Waals surface area contributed by atoms with E-state index in [9.17, 15) is 9.59 Å². The molecular weight excluding hydrogens is 428 g/mol. The molecule has 0 radical (unpaired) electrons. The molecule has 0 atom stereocenters. The van der Waals surface area contributed by atoms with E-state index < -0.39 is 0 Å². The van der Waals surface area contributed by atoms with Gasteiger partial charge in [-0.05, 0) is 61.1 Å². The van der Waals surface area contributed by atoms with Gasteiger partial charge in [0.2, 0.25) is 0 Å². The van der Waals surface area contributed by atoms with E-state index in [1.54, 1.807) is 0 Å². The molecule has 2 rings (SSSR count). The fourth-order valence-electron chi connectivity index (χ4n) is 3.46. The van der Waals surface area contributed by atoms with Crippen LogP contribution in [0.25, 0.3) is 0 Å². The van der Waals surface area contributed by atoms with Crippen LogP contribution in [0.15, 0.2) is 48.5 Å². The minimum Gasteiger partial charge on any atom is -0.484 e. The molecule has 0 aliphatic carbocycles. The minimum absolute atomic E-state index is 0.0490. The maximum Gasteiger partial charge on any atom is 0.257 e. The van der Waals surface area contributed by atoms with Crippen LogP contribution in [0.2, 0.25) is 0 Å². The molecular formula is C28H40N2O4. The van der Waals surface area contributed by atoms with Crippen molar-refractivity contribution in [1.29, 1.82) is 0 Å². The Labute approximate surface area is 204 Å². The van der Waals surface area contributed by atoms with Gasteiger partial charge in [0.05, 0.1) is 0 Å². The van der Waals surface area contributed by atoms with E-state index in [4.69, 9.17) is 9.47 Å². The Morgan fingerprint density at radius 3 is 1.29 bits per heavy atom. The van der Waals surface area contributed by atoms with Crippen LogP contribution in [0.3, 0.4) is 0 Å². The first-order valence-corrected chi connectivity index (χ1v) is 12.6. The molecule has 2 N–H and O–H groups in total. The highest BCUT2D eigenvalue weighted by atomic mass is 16.5. The molecule has 186 valence electrons. The lowest BCUT2D eigenvalue weighted by Gasteiger charge is -2.09. The Hall–Kier alpha value is -3.02. The van der Waals surface area contributed by atoms with Gasteiger partial charge in [-0.1, -0.05) is 63.8 Å². The second-order valence-electron chi connectivity index (χ2n) is 8.39. The fourth-order valence-corrected chi connectivity index (χ4v) is 3.46. The number of benzene rings is 2. The molecule has 0 unspecified atom stereocenters. The summed E-state index contributed by atoms with van der Waals surface area (Å²) >= 11 is 0. The van der Waals surface area contributed by atoms with E-state index in [1.807, 2.05) is 48.5 Å². The number of nitrogens with one attached hydrogen (secondary N) is 2. The van der Waals surface area contributed by atoms with Crippen molar-refractivity contribution in [2.75, 3.05) is 26.3 Å². The lowest BCUT2D eigenvalue weighted by atomic mass is 10.1. The Kier molecular flexibility index (Phi) is 13.3. The zero-order valence-corrected chi connectivity index (χ0v) is 20.7. The third-order valence-electron chi connectivity index (χ3n) is 5.65. The summed E-state index contributed by atoms with van der Waals surface area (Å²) in [4.78, 5) is 23.8. The highest BCUT2D eigenvalue weighted by molar-refractivity contribution is 5.77. The van der Waals surface area contributed by atoms with E-state index in [0.717, 1.165) is 62.9 Å². The van der Waals surface area contributed by atoms with E-state index >= 15 is 0 Å². The third-order valence-corrected chi connectivity index (χ3v) is 5.65. The van der Waals surface area contributed by atoms with Crippen molar-refractivity contribution in [1.82, 2.24) is 10.6 Å². The Morgan fingerprint density at radius 1 is 0.588 bits per heavy atom. The first-order valence-electron chi connectivity index (χ1n) is 12.6. The number of ether oxygens (including phenoxy) is 2. The van der Waals surface area contributed by atoms with Crippen molar-refractivity contribution in [3.8, 4) is 11.5 Å². The number of carbonyl (C=O) groups is 2. The molecule has 0 aliphatic rings. The average molecular weight is 469 g/mol. The number of rotatable bonds is 17. The van der Waals surface area contributed by atoms with Crippen LogP contribution in [0.4, 0.5) is 0 Å². The molecule has 0 spiro atoms. The lowest BCUT2D eigenvalue weighted by molar-refractivity contribution is -0.123. The predicted molar refractivity (Wildman–Crippen MR) is 136 cm³/mol. The summed E-state index contributed by atoms with van der Waals surface area (Å²) in [6.45, 7) is 5.66. The average Bonchev–Trinajstić information content (AvgIpc) is 2.87. The lowest BCUT2D eigenvalue weighted by Crippen LogP contribution is -2.29. The Bertz CT molecular complexity index is 763. The Balaban J connectivity index is 1.38. The standard InChI is InChI=1S/C28H40N2O4/c1-3-23-11-15-25(16-12-23)33-21-27(31)29-19-9-7-5-6-8-10-20-30-28(32)22-34-26-17-13-24(4-2)14-18-26/h11-18H,3-10,19-22H2,1-2H3,(H,29,31)(H,30,32). The summed E-state index contributed by atoms with van der Waals surface area (Å²) in [6, 6.07) is 15.7. The number of carbonyl (C=O) groups excluding carboxylic acids is 2. The smallest absolute Gasteiger partial charge is 0.257 e. The van der Waals surface area contributed by atoms with Crippen LogP contribution in [0, 0.1) is 0 Å². The maximum absolute atomic E-state index is 11.9. The first-order chi connectivity index (χ1) is 16.6. The van der Waals surface area contributed by atoms with Gasteiger partial charge in [-0.2, -0.15) is 0 Å². The van der Waals surface area contributed by atoms with E-state index in [0.29, 0.717) is 13.1 Å². The summed E-state index contributed by atoms with van der Waals surface area (Å²) < 4.78 is 11.0. The molecule has 0 aromatic heterocycles. The number of hydrogen-bond acceptors (Lipinski definition) is 4. The van der Waals surface area contributed by atoms with Gasteiger partial charge in [0, 0.05) is 13.1 Å². The molecule has 2 amide bonds. The number of hydrogen-bond donors (Lipinski definition) is 2. The maximum atomic E-state index is 11.9. The summed E-state index contributed by atoms with van der Waals surface area (Å²) in [7, 11) is 0. The molecule has 0 aliphatic heterocycles. The zero-order valence-electron chi connectivity index (χ0n) is 20.7. The van der Waals surface area contributed by atoms with Crippen molar-refractivity contribution in [3.63, 3.8) is 0 Å². The van der Waals surface area contributed by atoms with Crippen LogP contribution < -0.4 is 20.1 Å². The Morgan fingerprint density at radius 2 is 0.941 bits per heavy atom. The van der Waals surface area contributed by atoms with Crippen LogP contribution in [0.5, 0.6) is 11.5 Å². The molecule has 0 saturated carbocycles. The largest absolute Gasteiger partial charge is 0.484 e. The van der Waals surface area contributed by atoms with Crippen molar-refractivity contribution in [2.24, 2.45) is 0 Å². The first kappa shape index (κ1) is 27.2. The SMILES string of the molecule is CCc1ccc(OCC(=O)NCCCCCCCCNC(=O)COc2ccc(CC)cc2)cc1. The van der Waals surface area contributed by atoms with Gasteiger partial charge >= 0.3 is 0 Å². The second-order valence-corrected chi connectivity index (χ2v) is 8.39. The van der Waals surface area contributed by atoms with Gasteiger partial charge in [-0.25, -0.2) is 0 Å². The van der Waals surface area contributed by atoms with Crippen molar-refractivity contribution >= 4 is 11.8 Å².